The quantitative estimate of drug-likeness (QED) is 0.436. The van der Waals surface area contributed by atoms with Crippen LogP contribution in [0.25, 0.3) is 0 Å². The number of rotatable bonds is 6. The van der Waals surface area contributed by atoms with Crippen molar-refractivity contribution >= 4 is 8.32 Å². The van der Waals surface area contributed by atoms with Crippen molar-refractivity contribution in [2.75, 3.05) is 0 Å². The van der Waals surface area contributed by atoms with Gasteiger partial charge in [-0.15, -0.1) is 0 Å². The molecule has 0 aromatic heterocycles. The molecule has 0 aromatic carbocycles. The molecule has 0 unspecified atom stereocenters. The van der Waals surface area contributed by atoms with Crippen LogP contribution in [0.3, 0.4) is 0 Å². The molecule has 1 rings (SSSR count). The maximum atomic E-state index is 6.46. The van der Waals surface area contributed by atoms with Crippen molar-refractivity contribution in [3.05, 3.63) is 23.5 Å². The SMILES string of the molecule is CCCCCC1=C(O[Si](C)(C)C(C)(C)C)CC=C1. The maximum Gasteiger partial charge on any atom is 0.250 e. The smallest absolute Gasteiger partial charge is 0.250 e. The van der Waals surface area contributed by atoms with Crippen LogP contribution in [0.1, 0.15) is 59.8 Å². The molecule has 0 aliphatic heterocycles. The molecule has 0 bridgehead atoms. The fourth-order valence-electron chi connectivity index (χ4n) is 1.89. The minimum Gasteiger partial charge on any atom is -0.546 e. The zero-order valence-corrected chi connectivity index (χ0v) is 14.1. The predicted octanol–water partition coefficient (Wildman–Crippen LogP) is 5.80. The lowest BCUT2D eigenvalue weighted by molar-refractivity contribution is 0.373. The first kappa shape index (κ1) is 15.6. The van der Waals surface area contributed by atoms with Crippen molar-refractivity contribution in [3.63, 3.8) is 0 Å². The van der Waals surface area contributed by atoms with E-state index in [1.54, 1.807) is 0 Å². The van der Waals surface area contributed by atoms with Crippen LogP contribution >= 0.6 is 0 Å². The monoisotopic (exact) mass is 266 g/mol. The van der Waals surface area contributed by atoms with Crippen LogP contribution in [-0.2, 0) is 4.43 Å². The number of hydrogen-bond acceptors (Lipinski definition) is 1. The Kier molecular flexibility index (Phi) is 5.27. The summed E-state index contributed by atoms with van der Waals surface area (Å²) in [5.74, 6) is 1.26. The third-order valence-electron chi connectivity index (χ3n) is 4.21. The van der Waals surface area contributed by atoms with Gasteiger partial charge in [0, 0.05) is 6.42 Å². The van der Waals surface area contributed by atoms with Crippen molar-refractivity contribution in [1.82, 2.24) is 0 Å². The molecule has 0 amide bonds. The Hall–Kier alpha value is -0.503. The molecule has 1 nitrogen and oxygen atoms in total. The Morgan fingerprint density at radius 2 is 1.89 bits per heavy atom. The van der Waals surface area contributed by atoms with Crippen molar-refractivity contribution in [3.8, 4) is 0 Å². The van der Waals surface area contributed by atoms with Crippen molar-refractivity contribution < 1.29 is 4.43 Å². The van der Waals surface area contributed by atoms with E-state index in [0.29, 0.717) is 0 Å². The van der Waals surface area contributed by atoms with E-state index in [2.05, 4.69) is 52.9 Å². The van der Waals surface area contributed by atoms with Crippen molar-refractivity contribution in [1.29, 1.82) is 0 Å². The first-order valence-corrected chi connectivity index (χ1v) is 10.3. The Balaban J connectivity index is 2.67. The molecular weight excluding hydrogens is 236 g/mol. The maximum absolute atomic E-state index is 6.46. The van der Waals surface area contributed by atoms with Gasteiger partial charge in [0.15, 0.2) is 0 Å². The van der Waals surface area contributed by atoms with Gasteiger partial charge in [0.25, 0.3) is 0 Å². The van der Waals surface area contributed by atoms with E-state index in [1.807, 2.05) is 0 Å². The molecule has 0 heterocycles. The Morgan fingerprint density at radius 1 is 1.22 bits per heavy atom. The molecule has 0 N–H and O–H groups in total. The first-order valence-electron chi connectivity index (χ1n) is 7.35. The van der Waals surface area contributed by atoms with E-state index in [1.165, 1.54) is 37.0 Å². The van der Waals surface area contributed by atoms with Gasteiger partial charge >= 0.3 is 0 Å². The van der Waals surface area contributed by atoms with Crippen LogP contribution in [-0.4, -0.2) is 8.32 Å². The summed E-state index contributed by atoms with van der Waals surface area (Å²) in [6, 6.07) is 0. The van der Waals surface area contributed by atoms with E-state index in [4.69, 9.17) is 4.43 Å². The number of unbranched alkanes of at least 4 members (excludes halogenated alkanes) is 2. The van der Waals surface area contributed by atoms with Gasteiger partial charge in [-0.05, 0) is 36.5 Å². The second-order valence-corrected chi connectivity index (χ2v) is 11.6. The molecule has 2 heteroatoms. The minimum atomic E-state index is -1.66. The molecule has 0 atom stereocenters. The van der Waals surface area contributed by atoms with E-state index in [0.717, 1.165) is 6.42 Å². The fourth-order valence-corrected chi connectivity index (χ4v) is 3.03. The van der Waals surface area contributed by atoms with Crippen LogP contribution in [0.5, 0.6) is 0 Å². The molecule has 0 saturated carbocycles. The van der Waals surface area contributed by atoms with E-state index < -0.39 is 8.32 Å². The highest BCUT2D eigenvalue weighted by molar-refractivity contribution is 6.74. The summed E-state index contributed by atoms with van der Waals surface area (Å²) in [5, 5.41) is 0.289. The highest BCUT2D eigenvalue weighted by atomic mass is 28.4. The summed E-state index contributed by atoms with van der Waals surface area (Å²) in [7, 11) is -1.66. The van der Waals surface area contributed by atoms with Crippen LogP contribution in [0.2, 0.25) is 18.1 Å². The van der Waals surface area contributed by atoms with Gasteiger partial charge < -0.3 is 4.43 Å². The lowest BCUT2D eigenvalue weighted by atomic mass is 10.1. The Labute approximate surface area is 114 Å². The van der Waals surface area contributed by atoms with E-state index >= 15 is 0 Å². The molecule has 1 aliphatic rings. The fraction of sp³-hybridized carbons (Fsp3) is 0.750. The molecule has 0 fully saturated rings. The molecule has 0 saturated heterocycles. The average molecular weight is 267 g/mol. The zero-order chi connectivity index (χ0) is 13.8. The highest BCUT2D eigenvalue weighted by Crippen LogP contribution is 2.40. The van der Waals surface area contributed by atoms with Gasteiger partial charge in [0.05, 0.1) is 5.76 Å². The predicted molar refractivity (Wildman–Crippen MR) is 83.2 cm³/mol. The van der Waals surface area contributed by atoms with Gasteiger partial charge in [-0.2, -0.15) is 0 Å². The molecule has 0 spiro atoms. The van der Waals surface area contributed by atoms with Gasteiger partial charge in [0.1, 0.15) is 0 Å². The first-order chi connectivity index (χ1) is 8.28. The molecular formula is C16H30OSi. The molecule has 0 radical (unpaired) electrons. The molecule has 0 aromatic rings. The van der Waals surface area contributed by atoms with E-state index in [9.17, 15) is 0 Å². The Bertz CT molecular complexity index is 331. The third kappa shape index (κ3) is 4.01. The lowest BCUT2D eigenvalue weighted by Crippen LogP contribution is -2.40. The highest BCUT2D eigenvalue weighted by Gasteiger charge is 2.39. The largest absolute Gasteiger partial charge is 0.546 e. The van der Waals surface area contributed by atoms with Crippen molar-refractivity contribution in [2.45, 2.75) is 77.9 Å². The van der Waals surface area contributed by atoms with Gasteiger partial charge in [-0.1, -0.05) is 52.7 Å². The average Bonchev–Trinajstić information content (AvgIpc) is 2.64. The van der Waals surface area contributed by atoms with Crippen molar-refractivity contribution in [2.24, 2.45) is 0 Å². The lowest BCUT2D eigenvalue weighted by Gasteiger charge is -2.37. The summed E-state index contributed by atoms with van der Waals surface area (Å²) < 4.78 is 6.46. The number of hydrogen-bond donors (Lipinski definition) is 0. The van der Waals surface area contributed by atoms with Crippen LogP contribution in [0, 0.1) is 0 Å². The minimum absolute atomic E-state index is 0.289. The summed E-state index contributed by atoms with van der Waals surface area (Å²) in [4.78, 5) is 0. The van der Waals surface area contributed by atoms with Crippen LogP contribution < -0.4 is 0 Å². The van der Waals surface area contributed by atoms with Crippen LogP contribution in [0.4, 0.5) is 0 Å². The summed E-state index contributed by atoms with van der Waals surface area (Å²) in [5.41, 5.74) is 1.45. The standard InChI is InChI=1S/C16H30OSi/c1-7-8-9-11-14-12-10-13-15(14)17-18(5,6)16(2,3)4/h10,12H,7-9,11,13H2,1-6H3. The van der Waals surface area contributed by atoms with Crippen LogP contribution in [0.15, 0.2) is 23.5 Å². The second kappa shape index (κ2) is 6.09. The van der Waals surface area contributed by atoms with E-state index in [-0.39, 0.29) is 5.04 Å². The van der Waals surface area contributed by atoms with Gasteiger partial charge in [-0.25, -0.2) is 0 Å². The normalized spacial score (nSPS) is 16.6. The number of allylic oxidation sites excluding steroid dienone is 3. The molecule has 1 aliphatic carbocycles. The molecule has 104 valence electrons. The topological polar surface area (TPSA) is 9.23 Å². The second-order valence-electron chi connectivity index (χ2n) is 6.87. The summed E-state index contributed by atoms with van der Waals surface area (Å²) in [6.07, 6.45) is 10.6. The third-order valence-corrected chi connectivity index (χ3v) is 8.58. The summed E-state index contributed by atoms with van der Waals surface area (Å²) in [6.45, 7) is 13.8. The zero-order valence-electron chi connectivity index (χ0n) is 13.1. The summed E-state index contributed by atoms with van der Waals surface area (Å²) >= 11 is 0. The molecule has 18 heavy (non-hydrogen) atoms. The van der Waals surface area contributed by atoms with Gasteiger partial charge in [0.2, 0.25) is 8.32 Å². The van der Waals surface area contributed by atoms with Gasteiger partial charge in [-0.3, -0.25) is 0 Å². The Morgan fingerprint density at radius 3 is 2.44 bits per heavy atom.